The molecule has 0 saturated carbocycles. The summed E-state index contributed by atoms with van der Waals surface area (Å²) in [6.07, 6.45) is 2.39. The average Bonchev–Trinajstić information content (AvgIpc) is 2.91. The predicted molar refractivity (Wildman–Crippen MR) is 99.3 cm³/mol. The number of hydrogen-bond donors (Lipinski definition) is 0. The molecule has 4 rings (SSSR count). The first-order chi connectivity index (χ1) is 10.8. The van der Waals surface area contributed by atoms with E-state index in [1.54, 1.807) is 0 Å². The number of halogens is 1. The molecule has 0 aromatic heterocycles. The maximum Gasteiger partial charge on any atom is 0.112 e. The van der Waals surface area contributed by atoms with Crippen molar-refractivity contribution in [1.29, 1.82) is 0 Å². The Morgan fingerprint density at radius 3 is 1.91 bits per heavy atom. The third-order valence-electron chi connectivity index (χ3n) is 4.53. The van der Waals surface area contributed by atoms with Gasteiger partial charge in [0.2, 0.25) is 0 Å². The topological polar surface area (TPSA) is 0 Å². The molecule has 0 bridgehead atoms. The Balaban J connectivity index is 0.00000156. The Labute approximate surface area is 155 Å². The van der Waals surface area contributed by atoms with Crippen LogP contribution in [-0.2, 0) is 0 Å². The van der Waals surface area contributed by atoms with Crippen LogP contribution in [0.2, 0.25) is 0 Å². The molecular formula is C21H18IP. The Morgan fingerprint density at radius 2 is 1.22 bits per heavy atom. The number of fused-ring (bicyclic) bond motifs is 1. The molecule has 0 spiro atoms. The van der Waals surface area contributed by atoms with Crippen molar-refractivity contribution < 1.29 is 24.0 Å². The van der Waals surface area contributed by atoms with Crippen molar-refractivity contribution in [3.8, 4) is 0 Å². The van der Waals surface area contributed by atoms with Crippen molar-refractivity contribution >= 4 is 29.3 Å². The van der Waals surface area contributed by atoms with Gasteiger partial charge in [-0.2, -0.15) is 0 Å². The lowest BCUT2D eigenvalue weighted by molar-refractivity contribution is -0.00000418. The van der Waals surface area contributed by atoms with Gasteiger partial charge in [0, 0.05) is 11.1 Å². The van der Waals surface area contributed by atoms with Gasteiger partial charge in [-0.25, -0.2) is 0 Å². The van der Waals surface area contributed by atoms with E-state index in [1.807, 2.05) is 0 Å². The minimum Gasteiger partial charge on any atom is -1.00 e. The molecule has 0 amide bonds. The molecule has 0 radical (unpaired) electrons. The van der Waals surface area contributed by atoms with Crippen LogP contribution in [0.15, 0.2) is 84.9 Å². The highest BCUT2D eigenvalue weighted by atomic mass is 127. The van der Waals surface area contributed by atoms with E-state index in [9.17, 15) is 0 Å². The van der Waals surface area contributed by atoms with E-state index in [0.717, 1.165) is 0 Å². The standard InChI is InChI=1S/C21H18P.HI/c1-22(19-13-6-3-7-14-19)20-15-9-8-12-18(20)16-21(22)17-10-4-2-5-11-17;/h2-16H,1H3;1H/q+1;/p-1. The van der Waals surface area contributed by atoms with E-state index in [4.69, 9.17) is 0 Å². The molecule has 0 aliphatic carbocycles. The van der Waals surface area contributed by atoms with Crippen molar-refractivity contribution in [3.63, 3.8) is 0 Å². The van der Waals surface area contributed by atoms with Crippen LogP contribution in [0.3, 0.4) is 0 Å². The maximum atomic E-state index is 2.45. The lowest BCUT2D eigenvalue weighted by Crippen LogP contribution is -3.00. The second-order valence-corrected chi connectivity index (χ2v) is 9.29. The molecule has 0 fully saturated rings. The van der Waals surface area contributed by atoms with Gasteiger partial charge in [0.1, 0.15) is 23.2 Å². The second kappa shape index (κ2) is 6.59. The van der Waals surface area contributed by atoms with Crippen LogP contribution in [0.5, 0.6) is 0 Å². The molecule has 0 saturated heterocycles. The first kappa shape index (κ1) is 16.4. The minimum atomic E-state index is -1.53. The summed E-state index contributed by atoms with van der Waals surface area (Å²) >= 11 is 0. The van der Waals surface area contributed by atoms with E-state index in [-0.39, 0.29) is 24.0 Å². The zero-order valence-electron chi connectivity index (χ0n) is 13.0. The number of rotatable bonds is 2. The van der Waals surface area contributed by atoms with E-state index < -0.39 is 7.26 Å². The van der Waals surface area contributed by atoms with Gasteiger partial charge in [-0.1, -0.05) is 66.7 Å². The van der Waals surface area contributed by atoms with Crippen LogP contribution < -0.4 is 34.6 Å². The molecule has 114 valence electrons. The summed E-state index contributed by atoms with van der Waals surface area (Å²) in [6, 6.07) is 30.7. The van der Waals surface area contributed by atoms with Crippen molar-refractivity contribution in [2.24, 2.45) is 0 Å². The molecule has 3 aromatic carbocycles. The quantitative estimate of drug-likeness (QED) is 0.432. The van der Waals surface area contributed by atoms with E-state index in [1.165, 1.54) is 27.1 Å². The van der Waals surface area contributed by atoms with Crippen LogP contribution in [-0.4, -0.2) is 6.66 Å². The predicted octanol–water partition coefficient (Wildman–Crippen LogP) is 1.80. The first-order valence-electron chi connectivity index (χ1n) is 7.59. The molecule has 1 unspecified atom stereocenters. The summed E-state index contributed by atoms with van der Waals surface area (Å²) in [5, 5.41) is 4.44. The molecule has 1 atom stereocenters. The highest BCUT2D eigenvalue weighted by Crippen LogP contribution is 2.68. The van der Waals surface area contributed by atoms with Gasteiger partial charge in [0.15, 0.2) is 0 Å². The summed E-state index contributed by atoms with van der Waals surface area (Å²) < 4.78 is 0. The van der Waals surface area contributed by atoms with Crippen molar-refractivity contribution in [2.45, 2.75) is 0 Å². The van der Waals surface area contributed by atoms with E-state index in [2.05, 4.69) is 97.7 Å². The van der Waals surface area contributed by atoms with Crippen LogP contribution in [0.1, 0.15) is 11.1 Å². The number of benzene rings is 3. The lowest BCUT2D eigenvalue weighted by Gasteiger charge is -2.22. The fourth-order valence-electron chi connectivity index (χ4n) is 3.38. The maximum absolute atomic E-state index is 2.45. The summed E-state index contributed by atoms with van der Waals surface area (Å²) in [6.45, 7) is 2.45. The lowest BCUT2D eigenvalue weighted by atomic mass is 10.1. The normalized spacial score (nSPS) is 18.7. The summed E-state index contributed by atoms with van der Waals surface area (Å²) in [7, 11) is -1.53. The average molecular weight is 428 g/mol. The van der Waals surface area contributed by atoms with Crippen LogP contribution in [0.4, 0.5) is 0 Å². The number of hydrogen-bond acceptors (Lipinski definition) is 0. The van der Waals surface area contributed by atoms with Crippen molar-refractivity contribution in [1.82, 2.24) is 0 Å². The zero-order chi connectivity index (χ0) is 15.0. The Bertz CT molecular complexity index is 840. The summed E-state index contributed by atoms with van der Waals surface area (Å²) in [5.41, 5.74) is 2.72. The van der Waals surface area contributed by atoms with Gasteiger partial charge in [0.05, 0.1) is 6.66 Å². The van der Waals surface area contributed by atoms with Gasteiger partial charge < -0.3 is 24.0 Å². The van der Waals surface area contributed by atoms with Crippen molar-refractivity contribution in [3.05, 3.63) is 96.1 Å². The fraction of sp³-hybridized carbons (Fsp3) is 0.0476. The van der Waals surface area contributed by atoms with Crippen LogP contribution >= 0.6 is 7.26 Å². The van der Waals surface area contributed by atoms with Crippen LogP contribution in [0, 0.1) is 0 Å². The largest absolute Gasteiger partial charge is 1.00 e. The highest BCUT2D eigenvalue weighted by molar-refractivity contribution is 7.98. The Hall–Kier alpha value is -1.44. The summed E-state index contributed by atoms with van der Waals surface area (Å²) in [4.78, 5) is 0. The SMILES string of the molecule is C[P+]1(c2ccccc2)C(c2ccccc2)=Cc2ccccc21.[I-]. The third kappa shape index (κ3) is 2.66. The Morgan fingerprint density at radius 1 is 0.652 bits per heavy atom. The third-order valence-corrected chi connectivity index (χ3v) is 8.59. The van der Waals surface area contributed by atoms with Gasteiger partial charge >= 0.3 is 0 Å². The molecule has 3 aromatic rings. The molecule has 0 N–H and O–H groups in total. The molecule has 1 heterocycles. The molecule has 1 aliphatic heterocycles. The molecule has 23 heavy (non-hydrogen) atoms. The summed E-state index contributed by atoms with van der Waals surface area (Å²) in [5.74, 6) is 0. The molecule has 2 heteroatoms. The zero-order valence-corrected chi connectivity index (χ0v) is 16.0. The highest BCUT2D eigenvalue weighted by Gasteiger charge is 2.47. The van der Waals surface area contributed by atoms with E-state index in [0.29, 0.717) is 0 Å². The van der Waals surface area contributed by atoms with Crippen LogP contribution in [0.25, 0.3) is 11.4 Å². The van der Waals surface area contributed by atoms with E-state index >= 15 is 0 Å². The van der Waals surface area contributed by atoms with Gasteiger partial charge in [0.25, 0.3) is 0 Å². The minimum absolute atomic E-state index is 0. The molecule has 0 nitrogen and oxygen atoms in total. The van der Waals surface area contributed by atoms with Crippen molar-refractivity contribution in [2.75, 3.05) is 6.66 Å². The molecular weight excluding hydrogens is 410 g/mol. The monoisotopic (exact) mass is 428 g/mol. The fourth-order valence-corrected chi connectivity index (χ4v) is 7.06. The second-order valence-electron chi connectivity index (χ2n) is 5.80. The van der Waals surface area contributed by atoms with Gasteiger partial charge in [-0.15, -0.1) is 0 Å². The van der Waals surface area contributed by atoms with Gasteiger partial charge in [-0.05, 0) is 24.3 Å². The smallest absolute Gasteiger partial charge is 0.112 e. The Kier molecular flexibility index (Phi) is 4.70. The molecule has 1 aliphatic rings. The van der Waals surface area contributed by atoms with Gasteiger partial charge in [-0.3, -0.25) is 0 Å². The first-order valence-corrected chi connectivity index (χ1v) is 9.83.